The predicted molar refractivity (Wildman–Crippen MR) is 118 cm³/mol. The topological polar surface area (TPSA) is 119 Å². The zero-order chi connectivity index (χ0) is 24.9. The maximum absolute atomic E-state index is 14.3. The quantitative estimate of drug-likeness (QED) is 0.652. The Morgan fingerprint density at radius 1 is 1.15 bits per heavy atom. The fourth-order valence-corrected chi connectivity index (χ4v) is 4.43. The van der Waals surface area contributed by atoms with Crippen LogP contribution in [0.2, 0.25) is 0 Å². The number of carboxylic acid groups (broad SMARTS) is 1. The van der Waals surface area contributed by atoms with Gasteiger partial charge in [0.1, 0.15) is 12.3 Å². The Kier molecular flexibility index (Phi) is 7.75. The minimum atomic E-state index is -2.97. The van der Waals surface area contributed by atoms with Crippen LogP contribution in [-0.4, -0.2) is 67.3 Å². The number of fused-ring (bicyclic) bond motifs is 3. The molecule has 2 heterocycles. The van der Waals surface area contributed by atoms with Gasteiger partial charge in [-0.1, -0.05) is 36.4 Å². The number of hydrogen-bond donors (Lipinski definition) is 2. The number of carbonyl (C=O) groups excluding carboxylic acids is 2. The van der Waals surface area contributed by atoms with Gasteiger partial charge in [0, 0.05) is 24.0 Å². The molecule has 8 nitrogen and oxygen atoms in total. The average molecular weight is 476 g/mol. The molecule has 1 spiro atoms. The van der Waals surface area contributed by atoms with Gasteiger partial charge in [-0.25, -0.2) is 0 Å². The lowest BCUT2D eigenvalue weighted by molar-refractivity contribution is -0.150. The summed E-state index contributed by atoms with van der Waals surface area (Å²) >= 11 is 0. The number of nitrogens with two attached hydrogens (primary N) is 1. The number of likely N-dealkylation sites (tertiary alicyclic amines) is 1. The Morgan fingerprint density at radius 2 is 1.76 bits per heavy atom. The van der Waals surface area contributed by atoms with Crippen molar-refractivity contribution in [2.45, 2.75) is 30.6 Å². The molecule has 0 aromatic heterocycles. The number of alkyl halides is 2. The SMILES string of the molecule is CN1CC2(CC1C(=O)O)OCCO2.NC=O.O=CCc1ccc2c(c1)C(F)(F)c1ccccc1-2. The highest BCUT2D eigenvalue weighted by Gasteiger charge is 2.49. The van der Waals surface area contributed by atoms with Gasteiger partial charge in [0.15, 0.2) is 5.79 Å². The number of hydrogen-bond acceptors (Lipinski definition) is 6. The highest BCUT2D eigenvalue weighted by atomic mass is 19.3. The number of aldehydes is 1. The van der Waals surface area contributed by atoms with Gasteiger partial charge in [-0.15, -0.1) is 0 Å². The minimum Gasteiger partial charge on any atom is -0.480 e. The molecule has 3 aliphatic rings. The molecule has 3 N–H and O–H groups in total. The second-order valence-corrected chi connectivity index (χ2v) is 8.09. The van der Waals surface area contributed by atoms with Gasteiger partial charge >= 0.3 is 5.97 Å². The monoisotopic (exact) mass is 476 g/mol. The summed E-state index contributed by atoms with van der Waals surface area (Å²) in [6.07, 6.45) is 1.57. The fraction of sp³-hybridized carbons (Fsp3) is 0.375. The Morgan fingerprint density at radius 3 is 2.35 bits per heavy atom. The number of ether oxygens (including phenoxy) is 2. The number of primary amides is 1. The Balaban J connectivity index is 0.000000178. The largest absolute Gasteiger partial charge is 0.480 e. The number of rotatable bonds is 3. The number of likely N-dealkylation sites (N-methyl/N-ethyl adjacent to an activating group) is 1. The van der Waals surface area contributed by atoms with Crippen LogP contribution in [0.5, 0.6) is 0 Å². The molecular formula is C24H26F2N2O6. The summed E-state index contributed by atoms with van der Waals surface area (Å²) in [4.78, 5) is 31.6. The normalized spacial score (nSPS) is 20.9. The van der Waals surface area contributed by atoms with E-state index in [-0.39, 0.29) is 24.0 Å². The van der Waals surface area contributed by atoms with Gasteiger partial charge < -0.3 is 25.1 Å². The Bertz CT molecular complexity index is 1060. The van der Waals surface area contributed by atoms with E-state index < -0.39 is 23.7 Å². The highest BCUT2D eigenvalue weighted by Crippen LogP contribution is 2.50. The first-order chi connectivity index (χ1) is 16.2. The van der Waals surface area contributed by atoms with Crippen LogP contribution in [0, 0.1) is 0 Å². The van der Waals surface area contributed by atoms with Gasteiger partial charge in [0.25, 0.3) is 5.92 Å². The summed E-state index contributed by atoms with van der Waals surface area (Å²) in [6, 6.07) is 10.9. The van der Waals surface area contributed by atoms with Gasteiger partial charge in [0.2, 0.25) is 6.41 Å². The summed E-state index contributed by atoms with van der Waals surface area (Å²) in [5.41, 5.74) is 5.97. The van der Waals surface area contributed by atoms with E-state index in [1.165, 1.54) is 12.1 Å². The van der Waals surface area contributed by atoms with E-state index >= 15 is 0 Å². The van der Waals surface area contributed by atoms with Crippen molar-refractivity contribution in [2.75, 3.05) is 26.8 Å². The van der Waals surface area contributed by atoms with E-state index in [9.17, 15) is 18.4 Å². The van der Waals surface area contributed by atoms with Crippen molar-refractivity contribution in [3.05, 3.63) is 59.2 Å². The number of amides is 1. The van der Waals surface area contributed by atoms with Crippen LogP contribution in [0.4, 0.5) is 8.78 Å². The first-order valence-corrected chi connectivity index (χ1v) is 10.6. The molecule has 1 atom stereocenters. The van der Waals surface area contributed by atoms with Crippen molar-refractivity contribution in [2.24, 2.45) is 5.73 Å². The van der Waals surface area contributed by atoms with E-state index in [1.807, 2.05) is 0 Å². The van der Waals surface area contributed by atoms with E-state index in [1.54, 1.807) is 42.3 Å². The predicted octanol–water partition coefficient (Wildman–Crippen LogP) is 2.17. The highest BCUT2D eigenvalue weighted by molar-refractivity contribution is 5.80. The molecule has 10 heteroatoms. The smallest absolute Gasteiger partial charge is 0.321 e. The lowest BCUT2D eigenvalue weighted by Crippen LogP contribution is -2.33. The Labute approximate surface area is 195 Å². The van der Waals surface area contributed by atoms with Crippen molar-refractivity contribution in [3.8, 4) is 11.1 Å². The number of nitrogens with zero attached hydrogens (tertiary/aromatic N) is 1. The lowest BCUT2D eigenvalue weighted by Gasteiger charge is -2.20. The van der Waals surface area contributed by atoms with Crippen molar-refractivity contribution in [1.29, 1.82) is 0 Å². The van der Waals surface area contributed by atoms with Crippen LogP contribution in [-0.2, 0) is 36.2 Å². The lowest BCUT2D eigenvalue weighted by atomic mass is 10.0. The molecule has 1 aliphatic carbocycles. The molecule has 0 saturated carbocycles. The van der Waals surface area contributed by atoms with Crippen LogP contribution in [0.15, 0.2) is 42.5 Å². The van der Waals surface area contributed by atoms with Gasteiger partial charge in [-0.05, 0) is 29.8 Å². The second-order valence-electron chi connectivity index (χ2n) is 8.09. The van der Waals surface area contributed by atoms with Crippen LogP contribution >= 0.6 is 0 Å². The van der Waals surface area contributed by atoms with E-state index in [0.29, 0.717) is 42.9 Å². The first kappa shape index (κ1) is 25.4. The molecule has 182 valence electrons. The molecule has 5 rings (SSSR count). The standard InChI is InChI=1S/C15H10F2O.C8H13NO4.CH3NO/c16-15(17)13-4-2-1-3-11(13)12-6-5-10(7-8-18)9-14(12)15;1-9-5-8(12-2-3-13-8)4-6(9)7(10)11;2-1-3/h1-6,8-9H,7H2;6H,2-5H2,1H3,(H,10,11);1H,(H2,2,3). The minimum absolute atomic E-state index is 0.00282. The summed E-state index contributed by atoms with van der Waals surface area (Å²) in [7, 11) is 1.78. The first-order valence-electron chi connectivity index (χ1n) is 10.6. The molecule has 2 fully saturated rings. The van der Waals surface area contributed by atoms with Gasteiger partial charge in [-0.3, -0.25) is 14.5 Å². The van der Waals surface area contributed by atoms with E-state index in [0.717, 1.165) is 6.29 Å². The second kappa shape index (κ2) is 10.4. The molecule has 0 radical (unpaired) electrons. The summed E-state index contributed by atoms with van der Waals surface area (Å²) < 4.78 is 39.4. The molecule has 34 heavy (non-hydrogen) atoms. The zero-order valence-electron chi connectivity index (χ0n) is 18.6. The number of halogens is 2. The van der Waals surface area contributed by atoms with Crippen LogP contribution in [0.3, 0.4) is 0 Å². The molecule has 2 aromatic rings. The van der Waals surface area contributed by atoms with Crippen molar-refractivity contribution in [1.82, 2.24) is 4.90 Å². The maximum Gasteiger partial charge on any atom is 0.321 e. The Hall–Kier alpha value is -3.21. The summed E-state index contributed by atoms with van der Waals surface area (Å²) in [5.74, 6) is -4.42. The van der Waals surface area contributed by atoms with Crippen LogP contribution in [0.1, 0.15) is 23.1 Å². The van der Waals surface area contributed by atoms with Crippen molar-refractivity contribution in [3.63, 3.8) is 0 Å². The third-order valence-electron chi connectivity index (χ3n) is 5.92. The van der Waals surface area contributed by atoms with Crippen LogP contribution in [0.25, 0.3) is 11.1 Å². The number of carbonyl (C=O) groups is 3. The number of benzene rings is 2. The van der Waals surface area contributed by atoms with E-state index in [2.05, 4.69) is 5.73 Å². The molecule has 1 amide bonds. The van der Waals surface area contributed by atoms with E-state index in [4.69, 9.17) is 19.4 Å². The van der Waals surface area contributed by atoms with Crippen molar-refractivity contribution >= 4 is 18.7 Å². The molecule has 1 unspecified atom stereocenters. The average Bonchev–Trinajstić information content (AvgIpc) is 3.46. The molecule has 2 saturated heterocycles. The van der Waals surface area contributed by atoms with Crippen LogP contribution < -0.4 is 5.73 Å². The van der Waals surface area contributed by atoms with Gasteiger partial charge in [0.05, 0.1) is 19.8 Å². The number of aliphatic carboxylic acids is 1. The zero-order valence-corrected chi connectivity index (χ0v) is 18.6. The molecule has 2 aliphatic heterocycles. The molecule has 2 aromatic carbocycles. The van der Waals surface area contributed by atoms with Gasteiger partial charge in [-0.2, -0.15) is 8.78 Å². The summed E-state index contributed by atoms with van der Waals surface area (Å²) in [5, 5.41) is 8.87. The molecular weight excluding hydrogens is 450 g/mol. The third-order valence-corrected chi connectivity index (χ3v) is 5.92. The number of carboxylic acids is 1. The summed E-state index contributed by atoms with van der Waals surface area (Å²) in [6.45, 7) is 1.68. The third kappa shape index (κ3) is 4.98. The van der Waals surface area contributed by atoms with Crippen molar-refractivity contribution < 1.29 is 37.7 Å². The maximum atomic E-state index is 14.3. The fourth-order valence-electron chi connectivity index (χ4n) is 4.43. The molecule has 0 bridgehead atoms.